The van der Waals surface area contributed by atoms with Gasteiger partial charge in [0.2, 0.25) is 0 Å². The molecule has 3 aromatic rings. The maximum absolute atomic E-state index is 13.1. The maximum atomic E-state index is 13.1. The number of ketones is 1. The summed E-state index contributed by atoms with van der Waals surface area (Å²) in [6.45, 7) is 3.04. The summed E-state index contributed by atoms with van der Waals surface area (Å²) in [5.74, 6) is -0.814. The molecule has 0 bridgehead atoms. The van der Waals surface area contributed by atoms with Gasteiger partial charge in [-0.3, -0.25) is 14.5 Å². The highest BCUT2D eigenvalue weighted by Crippen LogP contribution is 2.30. The number of hydrogen-bond acceptors (Lipinski definition) is 4. The SMILES string of the molecule is Cc1[nH]c2ccccc2c1C(=O)CN1C(=O)N[C@](C)(c2ccc(C#N)cc2)C1=O. The first-order chi connectivity index (χ1) is 13.8. The van der Waals surface area contributed by atoms with Crippen LogP contribution in [0, 0.1) is 18.3 Å². The summed E-state index contributed by atoms with van der Waals surface area (Å²) in [5.41, 5.74) is 1.71. The van der Waals surface area contributed by atoms with Gasteiger partial charge in [-0.2, -0.15) is 5.26 Å². The number of hydrogen-bond donors (Lipinski definition) is 2. The molecule has 0 saturated carbocycles. The van der Waals surface area contributed by atoms with E-state index in [9.17, 15) is 14.4 Å². The van der Waals surface area contributed by atoms with Crippen LogP contribution in [0.5, 0.6) is 0 Å². The van der Waals surface area contributed by atoms with Gasteiger partial charge in [0.25, 0.3) is 5.91 Å². The summed E-state index contributed by atoms with van der Waals surface area (Å²) in [6.07, 6.45) is 0. The molecular weight excluding hydrogens is 368 g/mol. The molecule has 1 saturated heterocycles. The number of rotatable bonds is 4. The predicted molar refractivity (Wildman–Crippen MR) is 106 cm³/mol. The molecule has 1 aliphatic rings. The minimum Gasteiger partial charge on any atom is -0.358 e. The molecular formula is C22H18N4O3. The van der Waals surface area contributed by atoms with Crippen LogP contribution >= 0.6 is 0 Å². The highest BCUT2D eigenvalue weighted by molar-refractivity contribution is 6.15. The minimum atomic E-state index is -1.29. The molecule has 4 rings (SSSR count). The summed E-state index contributed by atoms with van der Waals surface area (Å²) >= 11 is 0. The second-order valence-corrected chi connectivity index (χ2v) is 7.23. The first-order valence-electron chi connectivity index (χ1n) is 9.10. The number of carbonyl (C=O) groups is 3. The van der Waals surface area contributed by atoms with Crippen molar-refractivity contribution in [3.8, 4) is 6.07 Å². The molecule has 2 N–H and O–H groups in total. The topological polar surface area (TPSA) is 106 Å². The van der Waals surface area contributed by atoms with Gasteiger partial charge in [-0.05, 0) is 37.6 Å². The van der Waals surface area contributed by atoms with Crippen molar-refractivity contribution in [1.29, 1.82) is 5.26 Å². The van der Waals surface area contributed by atoms with Gasteiger partial charge in [-0.25, -0.2) is 4.79 Å². The number of urea groups is 1. The molecule has 29 heavy (non-hydrogen) atoms. The van der Waals surface area contributed by atoms with E-state index in [1.807, 2.05) is 30.3 Å². The fourth-order valence-corrected chi connectivity index (χ4v) is 3.77. The van der Waals surface area contributed by atoms with Crippen LogP contribution in [-0.4, -0.2) is 34.2 Å². The number of fused-ring (bicyclic) bond motifs is 1. The average Bonchev–Trinajstić information content (AvgIpc) is 3.16. The van der Waals surface area contributed by atoms with Crippen LogP contribution < -0.4 is 5.32 Å². The molecule has 2 heterocycles. The Kier molecular flexibility index (Phi) is 4.20. The normalized spacial score (nSPS) is 18.7. The van der Waals surface area contributed by atoms with Gasteiger partial charge in [0.15, 0.2) is 5.78 Å². The fourth-order valence-electron chi connectivity index (χ4n) is 3.77. The van der Waals surface area contributed by atoms with Crippen LogP contribution in [0.4, 0.5) is 4.79 Å². The van der Waals surface area contributed by atoms with Crippen LogP contribution in [0.15, 0.2) is 48.5 Å². The van der Waals surface area contributed by atoms with Crippen molar-refractivity contribution in [2.45, 2.75) is 19.4 Å². The van der Waals surface area contributed by atoms with E-state index in [4.69, 9.17) is 5.26 Å². The molecule has 0 radical (unpaired) electrons. The molecule has 1 aromatic heterocycles. The number of Topliss-reactive ketones (excluding diaryl/α,β-unsaturated/α-hetero) is 1. The summed E-state index contributed by atoms with van der Waals surface area (Å²) in [6, 6.07) is 15.2. The van der Waals surface area contributed by atoms with Crippen molar-refractivity contribution < 1.29 is 14.4 Å². The molecule has 7 heteroatoms. The lowest BCUT2D eigenvalue weighted by Gasteiger charge is -2.22. The van der Waals surface area contributed by atoms with E-state index in [2.05, 4.69) is 10.3 Å². The predicted octanol–water partition coefficient (Wildman–Crippen LogP) is 3.00. The molecule has 0 spiro atoms. The van der Waals surface area contributed by atoms with Gasteiger partial charge in [0.05, 0.1) is 18.2 Å². The zero-order valence-electron chi connectivity index (χ0n) is 15.9. The number of H-pyrrole nitrogens is 1. The molecule has 1 fully saturated rings. The Labute approximate surface area is 166 Å². The monoisotopic (exact) mass is 386 g/mol. The lowest BCUT2D eigenvalue weighted by molar-refractivity contribution is -0.130. The van der Waals surface area contributed by atoms with Gasteiger partial charge in [0, 0.05) is 22.2 Å². The number of aryl methyl sites for hydroxylation is 1. The molecule has 7 nitrogen and oxygen atoms in total. The summed E-state index contributed by atoms with van der Waals surface area (Å²) in [7, 11) is 0. The smallest absolute Gasteiger partial charge is 0.325 e. The third kappa shape index (κ3) is 2.86. The number of amides is 3. The lowest BCUT2D eigenvalue weighted by Crippen LogP contribution is -2.41. The molecule has 144 valence electrons. The van der Waals surface area contributed by atoms with Gasteiger partial charge in [0.1, 0.15) is 5.54 Å². The number of nitrogens with zero attached hydrogens (tertiary/aromatic N) is 2. The fraction of sp³-hybridized carbons (Fsp3) is 0.182. The highest BCUT2D eigenvalue weighted by Gasteiger charge is 2.49. The average molecular weight is 386 g/mol. The standard InChI is InChI=1S/C22H18N4O3/c1-13-19(16-5-3-4-6-17(16)24-13)18(27)12-26-20(28)22(2,25-21(26)29)15-9-7-14(11-23)8-10-15/h3-10,24H,12H2,1-2H3,(H,25,29)/t22-/m1/s1. The first kappa shape index (κ1) is 18.4. The van der Waals surface area contributed by atoms with Gasteiger partial charge < -0.3 is 10.3 Å². The van der Waals surface area contributed by atoms with Crippen molar-refractivity contribution in [3.63, 3.8) is 0 Å². The number of imide groups is 1. The first-order valence-corrected chi connectivity index (χ1v) is 9.10. The van der Waals surface area contributed by atoms with Crippen molar-refractivity contribution in [2.24, 2.45) is 0 Å². The maximum Gasteiger partial charge on any atom is 0.325 e. The largest absolute Gasteiger partial charge is 0.358 e. The van der Waals surface area contributed by atoms with E-state index < -0.39 is 17.5 Å². The zero-order chi connectivity index (χ0) is 20.8. The zero-order valence-corrected chi connectivity index (χ0v) is 15.9. The lowest BCUT2D eigenvalue weighted by atomic mass is 9.91. The van der Waals surface area contributed by atoms with Crippen molar-refractivity contribution in [1.82, 2.24) is 15.2 Å². The van der Waals surface area contributed by atoms with Gasteiger partial charge in [-0.15, -0.1) is 0 Å². The van der Waals surface area contributed by atoms with Crippen molar-refractivity contribution in [2.75, 3.05) is 6.54 Å². The second kappa shape index (κ2) is 6.60. The molecule has 3 amide bonds. The molecule has 0 aliphatic carbocycles. The molecule has 1 aliphatic heterocycles. The number of nitrogens with one attached hydrogen (secondary N) is 2. The van der Waals surface area contributed by atoms with E-state index in [0.717, 1.165) is 15.8 Å². The van der Waals surface area contributed by atoms with Crippen LogP contribution in [0.25, 0.3) is 10.9 Å². The minimum absolute atomic E-state index is 0.312. The third-order valence-electron chi connectivity index (χ3n) is 5.34. The summed E-state index contributed by atoms with van der Waals surface area (Å²) in [4.78, 5) is 42.7. The Bertz CT molecular complexity index is 1200. The number of carbonyl (C=O) groups excluding carboxylic acids is 3. The highest BCUT2D eigenvalue weighted by atomic mass is 16.2. The number of benzene rings is 2. The number of para-hydroxylation sites is 1. The Hall–Kier alpha value is -3.92. The van der Waals surface area contributed by atoms with Crippen LogP contribution in [0.1, 0.15) is 34.1 Å². The number of aromatic nitrogens is 1. The second-order valence-electron chi connectivity index (χ2n) is 7.23. The van der Waals surface area contributed by atoms with Crippen LogP contribution in [-0.2, 0) is 10.3 Å². The molecule has 1 atom stereocenters. The Morgan fingerprint density at radius 3 is 2.52 bits per heavy atom. The Balaban J connectivity index is 1.63. The van der Waals surface area contributed by atoms with E-state index in [1.54, 1.807) is 38.1 Å². The van der Waals surface area contributed by atoms with E-state index >= 15 is 0 Å². The van der Waals surface area contributed by atoms with Crippen LogP contribution in [0.2, 0.25) is 0 Å². The van der Waals surface area contributed by atoms with Crippen molar-refractivity contribution >= 4 is 28.6 Å². The van der Waals surface area contributed by atoms with E-state index in [0.29, 0.717) is 22.4 Å². The number of nitriles is 1. The molecule has 0 unspecified atom stereocenters. The van der Waals surface area contributed by atoms with Crippen LogP contribution in [0.3, 0.4) is 0 Å². The van der Waals surface area contributed by atoms with E-state index in [-0.39, 0.29) is 12.3 Å². The van der Waals surface area contributed by atoms with E-state index in [1.165, 1.54) is 0 Å². The third-order valence-corrected chi connectivity index (χ3v) is 5.34. The van der Waals surface area contributed by atoms with Crippen molar-refractivity contribution in [3.05, 3.63) is 70.9 Å². The Morgan fingerprint density at radius 2 is 1.83 bits per heavy atom. The van der Waals surface area contributed by atoms with Gasteiger partial charge >= 0.3 is 6.03 Å². The summed E-state index contributed by atoms with van der Waals surface area (Å²) in [5, 5.41) is 12.4. The molecule has 2 aromatic carbocycles. The number of aromatic amines is 1. The Morgan fingerprint density at radius 1 is 1.14 bits per heavy atom. The van der Waals surface area contributed by atoms with Gasteiger partial charge in [-0.1, -0.05) is 30.3 Å². The summed E-state index contributed by atoms with van der Waals surface area (Å²) < 4.78 is 0. The quantitative estimate of drug-likeness (QED) is 0.531.